The summed E-state index contributed by atoms with van der Waals surface area (Å²) in [6.45, 7) is 0.884. The SMILES string of the molecule is COc1ccc(CN)cc1OCc1ccccn1. The fourth-order valence-corrected chi connectivity index (χ4v) is 1.60. The van der Waals surface area contributed by atoms with Crippen LogP contribution in [0.2, 0.25) is 0 Å². The standard InChI is InChI=1S/C14H16N2O2/c1-17-13-6-5-11(9-15)8-14(13)18-10-12-4-2-3-7-16-12/h2-8H,9-10,15H2,1H3. The van der Waals surface area contributed by atoms with E-state index in [9.17, 15) is 0 Å². The number of hydrogen-bond acceptors (Lipinski definition) is 4. The number of rotatable bonds is 5. The minimum atomic E-state index is 0.408. The number of methoxy groups -OCH3 is 1. The molecule has 0 spiro atoms. The van der Waals surface area contributed by atoms with Crippen molar-refractivity contribution in [3.63, 3.8) is 0 Å². The molecule has 1 aromatic carbocycles. The van der Waals surface area contributed by atoms with Gasteiger partial charge < -0.3 is 15.2 Å². The minimum absolute atomic E-state index is 0.408. The van der Waals surface area contributed by atoms with Gasteiger partial charge in [-0.15, -0.1) is 0 Å². The maximum absolute atomic E-state index is 5.71. The second kappa shape index (κ2) is 6.02. The zero-order valence-corrected chi connectivity index (χ0v) is 10.3. The Morgan fingerprint density at radius 3 is 2.72 bits per heavy atom. The Hall–Kier alpha value is -2.07. The average Bonchev–Trinajstić information content (AvgIpc) is 2.45. The summed E-state index contributed by atoms with van der Waals surface area (Å²) in [6.07, 6.45) is 1.74. The minimum Gasteiger partial charge on any atom is -0.493 e. The van der Waals surface area contributed by atoms with Gasteiger partial charge in [0.25, 0.3) is 0 Å². The Morgan fingerprint density at radius 2 is 2.06 bits per heavy atom. The monoisotopic (exact) mass is 244 g/mol. The summed E-state index contributed by atoms with van der Waals surface area (Å²) in [5.41, 5.74) is 7.49. The first-order valence-corrected chi connectivity index (χ1v) is 5.73. The largest absolute Gasteiger partial charge is 0.493 e. The van der Waals surface area contributed by atoms with Gasteiger partial charge in [0.15, 0.2) is 11.5 Å². The molecule has 2 aromatic rings. The Morgan fingerprint density at radius 1 is 1.17 bits per heavy atom. The lowest BCUT2D eigenvalue weighted by Gasteiger charge is -2.11. The predicted molar refractivity (Wildman–Crippen MR) is 69.5 cm³/mol. The summed E-state index contributed by atoms with van der Waals surface area (Å²) >= 11 is 0. The van der Waals surface area contributed by atoms with Crippen molar-refractivity contribution in [2.24, 2.45) is 5.73 Å². The molecule has 4 nitrogen and oxygen atoms in total. The first-order valence-electron chi connectivity index (χ1n) is 5.73. The molecule has 0 saturated heterocycles. The van der Waals surface area contributed by atoms with Crippen molar-refractivity contribution in [1.82, 2.24) is 4.98 Å². The van der Waals surface area contributed by atoms with Crippen LogP contribution in [0.25, 0.3) is 0 Å². The lowest BCUT2D eigenvalue weighted by molar-refractivity contribution is 0.280. The van der Waals surface area contributed by atoms with E-state index in [0.717, 1.165) is 11.3 Å². The summed E-state index contributed by atoms with van der Waals surface area (Å²) < 4.78 is 11.0. The van der Waals surface area contributed by atoms with Crippen LogP contribution >= 0.6 is 0 Å². The van der Waals surface area contributed by atoms with Crippen LogP contribution in [0, 0.1) is 0 Å². The summed E-state index contributed by atoms with van der Waals surface area (Å²) in [4.78, 5) is 4.20. The third-order valence-corrected chi connectivity index (χ3v) is 2.57. The normalized spacial score (nSPS) is 10.1. The molecular weight excluding hydrogens is 228 g/mol. The molecular formula is C14H16N2O2. The Balaban J connectivity index is 2.12. The number of hydrogen-bond donors (Lipinski definition) is 1. The third kappa shape index (κ3) is 2.99. The fraction of sp³-hybridized carbons (Fsp3) is 0.214. The summed E-state index contributed by atoms with van der Waals surface area (Å²) in [7, 11) is 1.62. The molecule has 0 atom stereocenters. The van der Waals surface area contributed by atoms with E-state index in [4.69, 9.17) is 15.2 Å². The molecule has 0 radical (unpaired) electrons. The van der Waals surface area contributed by atoms with Crippen molar-refractivity contribution in [2.45, 2.75) is 13.2 Å². The van der Waals surface area contributed by atoms with Crippen molar-refractivity contribution >= 4 is 0 Å². The quantitative estimate of drug-likeness (QED) is 0.875. The highest BCUT2D eigenvalue weighted by Crippen LogP contribution is 2.28. The molecule has 0 bridgehead atoms. The van der Waals surface area contributed by atoms with Crippen LogP contribution in [0.1, 0.15) is 11.3 Å². The highest BCUT2D eigenvalue weighted by molar-refractivity contribution is 5.42. The number of benzene rings is 1. The van der Waals surface area contributed by atoms with Gasteiger partial charge in [-0.1, -0.05) is 12.1 Å². The van der Waals surface area contributed by atoms with E-state index in [-0.39, 0.29) is 0 Å². The molecule has 0 fully saturated rings. The topological polar surface area (TPSA) is 57.4 Å². The van der Waals surface area contributed by atoms with Crippen molar-refractivity contribution in [3.05, 3.63) is 53.9 Å². The third-order valence-electron chi connectivity index (χ3n) is 2.57. The van der Waals surface area contributed by atoms with Crippen molar-refractivity contribution in [2.75, 3.05) is 7.11 Å². The van der Waals surface area contributed by atoms with E-state index in [1.54, 1.807) is 13.3 Å². The van der Waals surface area contributed by atoms with Gasteiger partial charge in [0.05, 0.1) is 12.8 Å². The van der Waals surface area contributed by atoms with E-state index >= 15 is 0 Å². The zero-order chi connectivity index (χ0) is 12.8. The molecule has 0 amide bonds. The van der Waals surface area contributed by atoms with Crippen LogP contribution in [0.15, 0.2) is 42.6 Å². The molecule has 4 heteroatoms. The van der Waals surface area contributed by atoms with Gasteiger partial charge in [0.2, 0.25) is 0 Å². The molecule has 0 aliphatic heterocycles. The molecule has 0 aliphatic rings. The van der Waals surface area contributed by atoms with Gasteiger partial charge in [-0.3, -0.25) is 4.98 Å². The first kappa shape index (κ1) is 12.4. The Labute approximate surface area is 106 Å². The zero-order valence-electron chi connectivity index (χ0n) is 10.3. The van der Waals surface area contributed by atoms with Crippen LogP contribution in [-0.2, 0) is 13.2 Å². The highest BCUT2D eigenvalue weighted by Gasteiger charge is 2.05. The molecule has 0 aliphatic carbocycles. The summed E-state index contributed by atoms with van der Waals surface area (Å²) in [5, 5.41) is 0. The van der Waals surface area contributed by atoms with Crippen LogP contribution in [0.4, 0.5) is 0 Å². The van der Waals surface area contributed by atoms with Gasteiger partial charge in [-0.2, -0.15) is 0 Å². The molecule has 0 unspecified atom stereocenters. The molecule has 2 N–H and O–H groups in total. The van der Waals surface area contributed by atoms with Crippen molar-refractivity contribution in [1.29, 1.82) is 0 Å². The molecule has 1 heterocycles. The molecule has 0 saturated carbocycles. The van der Waals surface area contributed by atoms with Crippen LogP contribution in [0.3, 0.4) is 0 Å². The number of aromatic nitrogens is 1. The predicted octanol–water partition coefficient (Wildman–Crippen LogP) is 2.13. The summed E-state index contributed by atoms with van der Waals surface area (Å²) in [5.74, 6) is 1.38. The van der Waals surface area contributed by atoms with E-state index in [1.807, 2.05) is 36.4 Å². The molecule has 2 rings (SSSR count). The van der Waals surface area contributed by atoms with E-state index in [0.29, 0.717) is 24.7 Å². The smallest absolute Gasteiger partial charge is 0.162 e. The van der Waals surface area contributed by atoms with Crippen molar-refractivity contribution in [3.8, 4) is 11.5 Å². The maximum atomic E-state index is 5.71. The van der Waals surface area contributed by atoms with Crippen LogP contribution < -0.4 is 15.2 Å². The summed E-state index contributed by atoms with van der Waals surface area (Å²) in [6, 6.07) is 11.4. The van der Waals surface area contributed by atoms with Crippen LogP contribution in [0.5, 0.6) is 11.5 Å². The van der Waals surface area contributed by atoms with Gasteiger partial charge in [0.1, 0.15) is 6.61 Å². The lowest BCUT2D eigenvalue weighted by atomic mass is 10.2. The molecule has 18 heavy (non-hydrogen) atoms. The van der Waals surface area contributed by atoms with E-state index < -0.39 is 0 Å². The van der Waals surface area contributed by atoms with Gasteiger partial charge in [0, 0.05) is 12.7 Å². The number of ether oxygens (including phenoxy) is 2. The Kier molecular flexibility index (Phi) is 4.15. The molecule has 94 valence electrons. The van der Waals surface area contributed by atoms with Crippen molar-refractivity contribution < 1.29 is 9.47 Å². The number of nitrogens with two attached hydrogens (primary N) is 1. The Bertz CT molecular complexity index is 500. The van der Waals surface area contributed by atoms with E-state index in [2.05, 4.69) is 4.98 Å². The number of nitrogens with zero attached hydrogens (tertiary/aromatic N) is 1. The fourth-order valence-electron chi connectivity index (χ4n) is 1.60. The lowest BCUT2D eigenvalue weighted by Crippen LogP contribution is -2.01. The van der Waals surface area contributed by atoms with Gasteiger partial charge >= 0.3 is 0 Å². The molecule has 1 aromatic heterocycles. The maximum Gasteiger partial charge on any atom is 0.162 e. The van der Waals surface area contributed by atoms with Gasteiger partial charge in [-0.05, 0) is 29.8 Å². The van der Waals surface area contributed by atoms with Gasteiger partial charge in [-0.25, -0.2) is 0 Å². The number of pyridine rings is 1. The van der Waals surface area contributed by atoms with Crippen LogP contribution in [-0.4, -0.2) is 12.1 Å². The second-order valence-electron chi connectivity index (χ2n) is 3.80. The highest BCUT2D eigenvalue weighted by atomic mass is 16.5. The first-order chi connectivity index (χ1) is 8.83. The second-order valence-corrected chi connectivity index (χ2v) is 3.80. The van der Waals surface area contributed by atoms with E-state index in [1.165, 1.54) is 0 Å². The average molecular weight is 244 g/mol.